The molecule has 0 bridgehead atoms. The van der Waals surface area contributed by atoms with Crippen LogP contribution in [0.4, 0.5) is 13.2 Å². The molecule has 0 saturated carbocycles. The predicted octanol–water partition coefficient (Wildman–Crippen LogP) is 7.01. The minimum atomic E-state index is -5.84. The van der Waals surface area contributed by atoms with Gasteiger partial charge in [0.1, 0.15) is 0 Å². The molecule has 1 aliphatic carbocycles. The van der Waals surface area contributed by atoms with E-state index in [-0.39, 0.29) is 0 Å². The normalized spacial score (nSPS) is 11.8. The van der Waals surface area contributed by atoms with Crippen molar-refractivity contribution in [3.63, 3.8) is 0 Å². The number of halogens is 3. The molecule has 0 spiro atoms. The maximum Gasteiger partial charge on any atom is 0.522 e. The molecule has 170 valence electrons. The van der Waals surface area contributed by atoms with E-state index in [2.05, 4.69) is 97.1 Å². The number of hydrogen-bond donors (Lipinski definition) is 1. The van der Waals surface area contributed by atoms with Crippen LogP contribution < -0.4 is 0 Å². The van der Waals surface area contributed by atoms with Crippen LogP contribution in [-0.2, 0) is 16.5 Å². The summed E-state index contributed by atoms with van der Waals surface area (Å²) in [7, 11) is -5.84. The average Bonchev–Trinajstić information content (AvgIpc) is 3.19. The molecule has 0 aliphatic heterocycles. The van der Waals surface area contributed by atoms with Gasteiger partial charge < -0.3 is 0 Å². The largest absolute Gasteiger partial charge is 0.522 e. The van der Waals surface area contributed by atoms with Gasteiger partial charge in [0.15, 0.2) is 0 Å². The van der Waals surface area contributed by atoms with Gasteiger partial charge in [-0.25, -0.2) is 0 Å². The van der Waals surface area contributed by atoms with Crippen molar-refractivity contribution in [1.82, 2.24) is 0 Å². The third-order valence-electron chi connectivity index (χ3n) is 4.88. The summed E-state index contributed by atoms with van der Waals surface area (Å²) in [5.41, 5.74) is 2.77. The molecule has 4 aromatic rings. The van der Waals surface area contributed by atoms with E-state index in [4.69, 9.17) is 13.0 Å². The number of rotatable bonds is 1. The third kappa shape index (κ3) is 6.54. The zero-order valence-electron chi connectivity index (χ0n) is 17.4. The van der Waals surface area contributed by atoms with Crippen molar-refractivity contribution in [3.8, 4) is 22.3 Å². The topological polar surface area (TPSA) is 54.4 Å². The molecule has 0 amide bonds. The monoisotopic (exact) mass is 470 g/mol. The van der Waals surface area contributed by atoms with Gasteiger partial charge in [-0.1, -0.05) is 109 Å². The maximum absolute atomic E-state index is 10.7. The van der Waals surface area contributed by atoms with E-state index in [1.807, 2.05) is 12.1 Å². The summed E-state index contributed by atoms with van der Waals surface area (Å²) in [6, 6.07) is 38.1. The van der Waals surface area contributed by atoms with Crippen molar-refractivity contribution >= 4 is 10.1 Å². The Morgan fingerprint density at radius 3 is 1.21 bits per heavy atom. The van der Waals surface area contributed by atoms with Gasteiger partial charge in [0.05, 0.1) is 0 Å². The van der Waals surface area contributed by atoms with E-state index in [1.54, 1.807) is 0 Å². The van der Waals surface area contributed by atoms with E-state index < -0.39 is 15.6 Å². The van der Waals surface area contributed by atoms with Gasteiger partial charge in [-0.05, 0) is 39.8 Å². The molecule has 1 N–H and O–H groups in total. The molecule has 7 heteroatoms. The van der Waals surface area contributed by atoms with Crippen LogP contribution in [0, 0.1) is 0 Å². The van der Waals surface area contributed by atoms with Crippen LogP contribution in [0.25, 0.3) is 22.3 Å². The third-order valence-corrected chi connectivity index (χ3v) is 5.46. The van der Waals surface area contributed by atoms with Gasteiger partial charge in [0.25, 0.3) is 0 Å². The molecule has 33 heavy (non-hydrogen) atoms. The Morgan fingerprint density at radius 1 is 0.576 bits per heavy atom. The lowest BCUT2D eigenvalue weighted by Crippen LogP contribution is -2.21. The average molecular weight is 471 g/mol. The Hall–Kier alpha value is -3.42. The van der Waals surface area contributed by atoms with E-state index in [9.17, 15) is 13.2 Å². The lowest BCUT2D eigenvalue weighted by atomic mass is 10.1. The summed E-state index contributed by atoms with van der Waals surface area (Å²) in [4.78, 5) is 0. The van der Waals surface area contributed by atoms with Crippen LogP contribution in [0.15, 0.2) is 109 Å². The fourth-order valence-electron chi connectivity index (χ4n) is 3.34. The molecule has 0 unspecified atom stereocenters. The van der Waals surface area contributed by atoms with Crippen LogP contribution in [0.2, 0.25) is 0 Å². The molecular formula is C26H21F3O3S. The summed E-state index contributed by atoms with van der Waals surface area (Å²) in [6.07, 6.45) is 1.10. The number of hydrogen-bond acceptors (Lipinski definition) is 2. The van der Waals surface area contributed by atoms with Gasteiger partial charge >= 0.3 is 15.6 Å². The fraction of sp³-hybridized carbons (Fsp3) is 0.0769. The standard InChI is InChI=1S/C13H10.C12H10.CHF3O3S/c1-3-7-12-10(5-1)9-11-6-2-4-8-13(11)12;1-3-7-11(8-4-1)12-9-5-2-6-10-12;2-1(3,4)8(5,6)7/h1-8H,9H2;1-10H;(H,5,6,7). The summed E-state index contributed by atoms with van der Waals surface area (Å²) < 4.78 is 57.5. The minimum Gasteiger partial charge on any atom is -0.279 e. The first kappa shape index (κ1) is 24.2. The second-order valence-corrected chi connectivity index (χ2v) is 8.56. The molecule has 0 radical (unpaired) electrons. The molecule has 0 atom stereocenters. The van der Waals surface area contributed by atoms with Crippen LogP contribution in [-0.4, -0.2) is 18.5 Å². The highest BCUT2D eigenvalue weighted by molar-refractivity contribution is 7.86. The summed E-state index contributed by atoms with van der Waals surface area (Å²) >= 11 is 0. The van der Waals surface area contributed by atoms with Gasteiger partial charge in [0, 0.05) is 0 Å². The Kier molecular flexibility index (Phi) is 7.68. The zero-order valence-corrected chi connectivity index (χ0v) is 18.2. The van der Waals surface area contributed by atoms with Crippen LogP contribution >= 0.6 is 0 Å². The molecule has 0 aromatic heterocycles. The summed E-state index contributed by atoms with van der Waals surface area (Å²) in [6.45, 7) is 0. The Bertz CT molecular complexity index is 1210. The predicted molar refractivity (Wildman–Crippen MR) is 124 cm³/mol. The highest BCUT2D eigenvalue weighted by Gasteiger charge is 2.44. The van der Waals surface area contributed by atoms with Crippen LogP contribution in [0.1, 0.15) is 11.1 Å². The lowest BCUT2D eigenvalue weighted by molar-refractivity contribution is -0.0510. The van der Waals surface area contributed by atoms with Gasteiger partial charge in [0.2, 0.25) is 0 Å². The number of alkyl halides is 3. The van der Waals surface area contributed by atoms with E-state index in [0.717, 1.165) is 6.42 Å². The first-order valence-corrected chi connectivity index (χ1v) is 11.4. The number of fused-ring (bicyclic) bond motifs is 3. The lowest BCUT2D eigenvalue weighted by Gasteiger charge is -1.98. The second kappa shape index (κ2) is 10.5. The molecule has 0 heterocycles. The molecule has 0 saturated heterocycles. The van der Waals surface area contributed by atoms with Crippen LogP contribution in [0.5, 0.6) is 0 Å². The molecule has 3 nitrogen and oxygen atoms in total. The molecular weight excluding hydrogens is 449 g/mol. The van der Waals surface area contributed by atoms with E-state index in [0.29, 0.717) is 0 Å². The number of benzene rings is 4. The second-order valence-electron chi connectivity index (χ2n) is 7.14. The summed E-state index contributed by atoms with van der Waals surface area (Å²) in [5.74, 6) is 0. The summed E-state index contributed by atoms with van der Waals surface area (Å²) in [5, 5.41) is 0. The van der Waals surface area contributed by atoms with Crippen molar-refractivity contribution in [2.24, 2.45) is 0 Å². The molecule has 5 rings (SSSR count). The highest BCUT2D eigenvalue weighted by atomic mass is 32.2. The quantitative estimate of drug-likeness (QED) is 0.212. The van der Waals surface area contributed by atoms with Gasteiger partial charge in [-0.2, -0.15) is 21.6 Å². The highest BCUT2D eigenvalue weighted by Crippen LogP contribution is 2.35. The zero-order chi connectivity index (χ0) is 23.9. The molecule has 4 aromatic carbocycles. The maximum atomic E-state index is 10.7. The van der Waals surface area contributed by atoms with E-state index >= 15 is 0 Å². The van der Waals surface area contributed by atoms with Crippen molar-refractivity contribution in [1.29, 1.82) is 0 Å². The first-order chi connectivity index (χ1) is 15.7. The van der Waals surface area contributed by atoms with Gasteiger partial charge in [-0.15, -0.1) is 0 Å². The SMILES string of the molecule is O=S(=O)(O)C(F)(F)F.c1ccc(-c2ccccc2)cc1.c1ccc2c(c1)Cc1ccccc1-2. The van der Waals surface area contributed by atoms with Crippen molar-refractivity contribution in [2.45, 2.75) is 11.9 Å². The fourth-order valence-corrected chi connectivity index (χ4v) is 3.34. The minimum absolute atomic E-state index is 1.10. The molecule has 0 fully saturated rings. The van der Waals surface area contributed by atoms with Crippen LogP contribution in [0.3, 0.4) is 0 Å². The Morgan fingerprint density at radius 2 is 0.879 bits per heavy atom. The smallest absolute Gasteiger partial charge is 0.279 e. The Labute approximate surface area is 190 Å². The Balaban J connectivity index is 0.000000144. The van der Waals surface area contributed by atoms with Gasteiger partial charge in [-0.3, -0.25) is 4.55 Å². The van der Waals surface area contributed by atoms with E-state index in [1.165, 1.54) is 33.4 Å². The molecule has 1 aliphatic rings. The van der Waals surface area contributed by atoms with Crippen molar-refractivity contribution in [2.75, 3.05) is 0 Å². The van der Waals surface area contributed by atoms with Crippen molar-refractivity contribution < 1.29 is 26.1 Å². The first-order valence-electron chi connectivity index (χ1n) is 9.97. The van der Waals surface area contributed by atoms with Crippen molar-refractivity contribution in [3.05, 3.63) is 120 Å².